The molecule has 29 heavy (non-hydrogen) atoms. The van der Waals surface area contributed by atoms with E-state index in [1.165, 1.54) is 0 Å². The van der Waals surface area contributed by atoms with Gasteiger partial charge in [-0.2, -0.15) is 15.0 Å². The lowest BCUT2D eigenvalue weighted by Gasteiger charge is -2.14. The average Bonchev–Trinajstić information content (AvgIpc) is 3.33. The maximum atomic E-state index is 12.5. The number of nitrogens with zero attached hydrogens (tertiary/aromatic N) is 6. The Bertz CT molecular complexity index is 1290. The average molecular weight is 386 g/mol. The molecule has 1 aliphatic heterocycles. The molecule has 0 atom stereocenters. The zero-order valence-electron chi connectivity index (χ0n) is 16.0. The molecule has 0 saturated heterocycles. The van der Waals surface area contributed by atoms with Crippen molar-refractivity contribution in [2.45, 2.75) is 6.92 Å². The second-order valence-electron chi connectivity index (χ2n) is 6.96. The van der Waals surface area contributed by atoms with Crippen molar-refractivity contribution in [1.29, 1.82) is 0 Å². The number of aromatic nitrogens is 3. The first-order chi connectivity index (χ1) is 14.1. The van der Waals surface area contributed by atoms with Crippen LogP contribution in [0.3, 0.4) is 0 Å². The van der Waals surface area contributed by atoms with Gasteiger partial charge in [-0.05, 0) is 25.1 Å². The van der Waals surface area contributed by atoms with Crippen molar-refractivity contribution >= 4 is 23.0 Å². The maximum Gasteiger partial charge on any atom is 0.362 e. The van der Waals surface area contributed by atoms with Gasteiger partial charge in [-0.3, -0.25) is 0 Å². The summed E-state index contributed by atoms with van der Waals surface area (Å²) in [5.41, 5.74) is 3.82. The lowest BCUT2D eigenvalue weighted by atomic mass is 10.1. The van der Waals surface area contributed by atoms with E-state index in [9.17, 15) is 4.79 Å². The number of hydrogen-bond donors (Lipinski definition) is 0. The van der Waals surface area contributed by atoms with E-state index in [2.05, 4.69) is 15.3 Å². The van der Waals surface area contributed by atoms with Crippen LogP contribution >= 0.6 is 0 Å². The van der Waals surface area contributed by atoms with Crippen LogP contribution in [0.15, 0.2) is 68.9 Å². The fraction of sp³-hybridized carbons (Fsp3) is 0.143. The van der Waals surface area contributed by atoms with Gasteiger partial charge in [0, 0.05) is 24.1 Å². The highest BCUT2D eigenvalue weighted by atomic mass is 16.4. The first kappa shape index (κ1) is 17.2. The monoisotopic (exact) mass is 386 g/mol. The van der Waals surface area contributed by atoms with Crippen LogP contribution in [-0.2, 0) is 0 Å². The minimum Gasteiger partial charge on any atom is -0.421 e. The molecule has 0 saturated carbocycles. The van der Waals surface area contributed by atoms with Gasteiger partial charge < -0.3 is 9.32 Å². The largest absolute Gasteiger partial charge is 0.421 e. The fourth-order valence-corrected chi connectivity index (χ4v) is 3.32. The van der Waals surface area contributed by atoms with Gasteiger partial charge in [0.1, 0.15) is 30.0 Å². The lowest BCUT2D eigenvalue weighted by Crippen LogP contribution is -2.26. The number of rotatable bonds is 3. The predicted octanol–water partition coefficient (Wildman–Crippen LogP) is 3.00. The van der Waals surface area contributed by atoms with Gasteiger partial charge in [0.2, 0.25) is 0 Å². The van der Waals surface area contributed by atoms with Crippen molar-refractivity contribution in [1.82, 2.24) is 19.9 Å². The second kappa shape index (κ2) is 6.59. The third-order valence-corrected chi connectivity index (χ3v) is 4.78. The smallest absolute Gasteiger partial charge is 0.362 e. The Hall–Kier alpha value is -3.94. The van der Waals surface area contributed by atoms with E-state index in [4.69, 9.17) is 4.42 Å². The fourth-order valence-electron chi connectivity index (χ4n) is 3.32. The Morgan fingerprint density at radius 2 is 1.86 bits per heavy atom. The summed E-state index contributed by atoms with van der Waals surface area (Å²) < 4.78 is 5.57. The summed E-state index contributed by atoms with van der Waals surface area (Å²) in [7, 11) is 1.89. The quantitative estimate of drug-likeness (QED) is 0.504. The van der Waals surface area contributed by atoms with Crippen molar-refractivity contribution in [3.63, 3.8) is 0 Å². The molecule has 0 spiro atoms. The van der Waals surface area contributed by atoms with E-state index < -0.39 is 5.63 Å². The van der Waals surface area contributed by atoms with Crippen molar-refractivity contribution < 1.29 is 4.42 Å². The standard InChI is InChI=1S/C21H18N6O2/c1-14-20(15-6-4-3-5-7-15)24-27(23-14)17-9-8-16-10-18(21(28)29-19(16)11-17)26-13-25(2)12-22-26/h3-12H,13H2,1-2H3. The Morgan fingerprint density at radius 3 is 2.62 bits per heavy atom. The Labute approximate surface area is 166 Å². The number of benzene rings is 2. The molecule has 8 heteroatoms. The minimum absolute atomic E-state index is 0.408. The van der Waals surface area contributed by atoms with Crippen LogP contribution in [-0.4, -0.2) is 39.9 Å². The molecule has 4 aromatic rings. The summed E-state index contributed by atoms with van der Waals surface area (Å²) in [4.78, 5) is 15.9. The third-order valence-electron chi connectivity index (χ3n) is 4.78. The first-order valence-electron chi connectivity index (χ1n) is 9.18. The molecule has 0 unspecified atom stereocenters. The van der Waals surface area contributed by atoms with Crippen LogP contribution in [0.1, 0.15) is 5.69 Å². The van der Waals surface area contributed by atoms with Crippen LogP contribution in [0.4, 0.5) is 5.69 Å². The highest BCUT2D eigenvalue weighted by Crippen LogP contribution is 2.24. The van der Waals surface area contributed by atoms with Crippen LogP contribution in [0.2, 0.25) is 0 Å². The minimum atomic E-state index is -0.434. The highest BCUT2D eigenvalue weighted by molar-refractivity contribution is 5.82. The summed E-state index contributed by atoms with van der Waals surface area (Å²) in [6.45, 7) is 2.43. The zero-order chi connectivity index (χ0) is 20.0. The van der Waals surface area contributed by atoms with E-state index in [-0.39, 0.29) is 0 Å². The normalized spacial score (nSPS) is 13.6. The summed E-state index contributed by atoms with van der Waals surface area (Å²) in [5, 5.41) is 15.8. The predicted molar refractivity (Wildman–Crippen MR) is 111 cm³/mol. The van der Waals surface area contributed by atoms with E-state index in [1.54, 1.807) is 28.3 Å². The maximum absolute atomic E-state index is 12.5. The summed E-state index contributed by atoms with van der Waals surface area (Å²) in [5.74, 6) is 0. The molecule has 0 fully saturated rings. The Kier molecular flexibility index (Phi) is 3.90. The van der Waals surface area contributed by atoms with Gasteiger partial charge in [0.25, 0.3) is 0 Å². The van der Waals surface area contributed by atoms with E-state index in [1.807, 2.05) is 61.3 Å². The molecule has 0 aliphatic carbocycles. The summed E-state index contributed by atoms with van der Waals surface area (Å²) in [6, 6.07) is 17.3. The number of hydrogen-bond acceptors (Lipinski definition) is 7. The molecule has 0 radical (unpaired) electrons. The second-order valence-corrected chi connectivity index (χ2v) is 6.96. The number of fused-ring (bicyclic) bond motifs is 1. The van der Waals surface area contributed by atoms with Gasteiger partial charge in [0.05, 0.1) is 11.4 Å². The van der Waals surface area contributed by atoms with Crippen LogP contribution in [0.5, 0.6) is 0 Å². The van der Waals surface area contributed by atoms with E-state index in [0.29, 0.717) is 17.9 Å². The lowest BCUT2D eigenvalue weighted by molar-refractivity contribution is 0.530. The number of hydrazone groups is 1. The van der Waals surface area contributed by atoms with Crippen molar-refractivity contribution in [2.75, 3.05) is 18.7 Å². The molecule has 3 heterocycles. The Balaban J connectivity index is 1.54. The van der Waals surface area contributed by atoms with Crippen molar-refractivity contribution in [3.05, 3.63) is 70.7 Å². The topological polar surface area (TPSA) is 79.8 Å². The zero-order valence-corrected chi connectivity index (χ0v) is 16.0. The van der Waals surface area contributed by atoms with Crippen molar-refractivity contribution in [3.8, 4) is 16.9 Å². The first-order valence-corrected chi connectivity index (χ1v) is 9.18. The molecule has 5 rings (SSSR count). The van der Waals surface area contributed by atoms with Gasteiger partial charge in [-0.15, -0.1) is 5.10 Å². The molecular formula is C21H18N6O2. The highest BCUT2D eigenvalue weighted by Gasteiger charge is 2.18. The number of aryl methyl sites for hydroxylation is 1. The molecule has 8 nitrogen and oxygen atoms in total. The van der Waals surface area contributed by atoms with Gasteiger partial charge in [-0.1, -0.05) is 30.3 Å². The van der Waals surface area contributed by atoms with Crippen molar-refractivity contribution in [2.24, 2.45) is 5.10 Å². The van der Waals surface area contributed by atoms with Gasteiger partial charge in [-0.25, -0.2) is 9.80 Å². The van der Waals surface area contributed by atoms with Gasteiger partial charge in [0.15, 0.2) is 0 Å². The summed E-state index contributed by atoms with van der Waals surface area (Å²) >= 11 is 0. The third kappa shape index (κ3) is 3.04. The molecule has 1 aliphatic rings. The molecule has 0 N–H and O–H groups in total. The summed E-state index contributed by atoms with van der Waals surface area (Å²) in [6.07, 6.45) is 1.67. The SMILES string of the molecule is Cc1nn(-c2ccc3cc(N4CN(C)C=N4)c(=O)oc3c2)nc1-c1ccccc1. The molecule has 0 amide bonds. The van der Waals surface area contributed by atoms with Crippen LogP contribution < -0.4 is 10.6 Å². The molecule has 2 aromatic carbocycles. The van der Waals surface area contributed by atoms with E-state index in [0.717, 1.165) is 28.0 Å². The molecule has 2 aromatic heterocycles. The van der Waals surface area contributed by atoms with E-state index >= 15 is 0 Å². The van der Waals surface area contributed by atoms with Gasteiger partial charge >= 0.3 is 5.63 Å². The molecule has 144 valence electrons. The van der Waals surface area contributed by atoms with Crippen LogP contribution in [0, 0.1) is 6.92 Å². The molecular weight excluding hydrogens is 368 g/mol. The molecule has 0 bridgehead atoms. The number of anilines is 1. The van der Waals surface area contributed by atoms with Crippen LogP contribution in [0.25, 0.3) is 27.9 Å². The Morgan fingerprint density at radius 1 is 1.03 bits per heavy atom.